The van der Waals surface area contributed by atoms with Gasteiger partial charge in [-0.1, -0.05) is 36.0 Å². The van der Waals surface area contributed by atoms with Crippen LogP contribution in [-0.2, 0) is 11.2 Å². The lowest BCUT2D eigenvalue weighted by Gasteiger charge is -2.07. The monoisotopic (exact) mass is 319 g/mol. The molecular weight excluding hydrogens is 297 g/mol. The SMILES string of the molecule is Nc1c(Cl)cc(CCCOCCCCCCO)cc1Cl. The van der Waals surface area contributed by atoms with Crippen LogP contribution in [0.25, 0.3) is 0 Å². The van der Waals surface area contributed by atoms with Gasteiger partial charge in [0.2, 0.25) is 0 Å². The second-order valence-corrected chi connectivity index (χ2v) is 5.64. The van der Waals surface area contributed by atoms with Crippen LogP contribution in [0.1, 0.15) is 37.7 Å². The van der Waals surface area contributed by atoms with E-state index in [2.05, 4.69) is 0 Å². The summed E-state index contributed by atoms with van der Waals surface area (Å²) >= 11 is 12.0. The van der Waals surface area contributed by atoms with Crippen molar-refractivity contribution in [2.75, 3.05) is 25.6 Å². The van der Waals surface area contributed by atoms with Crippen LogP contribution in [0.4, 0.5) is 5.69 Å². The maximum absolute atomic E-state index is 8.65. The molecule has 0 bridgehead atoms. The molecule has 0 heterocycles. The van der Waals surface area contributed by atoms with E-state index in [1.807, 2.05) is 12.1 Å². The third-order valence-corrected chi connectivity index (χ3v) is 3.72. The molecule has 1 rings (SSSR count). The van der Waals surface area contributed by atoms with Gasteiger partial charge in [0, 0.05) is 19.8 Å². The lowest BCUT2D eigenvalue weighted by atomic mass is 10.1. The number of ether oxygens (including phenoxy) is 1. The minimum absolute atomic E-state index is 0.285. The van der Waals surface area contributed by atoms with Crippen molar-refractivity contribution in [2.45, 2.75) is 38.5 Å². The molecule has 5 heteroatoms. The number of unbranched alkanes of at least 4 members (excludes halogenated alkanes) is 3. The van der Waals surface area contributed by atoms with Crippen LogP contribution in [0.2, 0.25) is 10.0 Å². The van der Waals surface area contributed by atoms with Crippen LogP contribution in [0, 0.1) is 0 Å². The number of nitrogen functional groups attached to an aromatic ring is 1. The number of anilines is 1. The first-order chi connectivity index (χ1) is 9.65. The number of aliphatic hydroxyl groups excluding tert-OH is 1. The molecule has 0 amide bonds. The molecule has 0 aliphatic rings. The van der Waals surface area contributed by atoms with E-state index in [0.29, 0.717) is 15.7 Å². The van der Waals surface area contributed by atoms with Gasteiger partial charge in [0.1, 0.15) is 0 Å². The van der Waals surface area contributed by atoms with Gasteiger partial charge in [0.05, 0.1) is 15.7 Å². The molecule has 0 spiro atoms. The molecule has 3 N–H and O–H groups in total. The average Bonchev–Trinajstić information content (AvgIpc) is 2.43. The number of rotatable bonds is 10. The van der Waals surface area contributed by atoms with Gasteiger partial charge in [0.15, 0.2) is 0 Å². The summed E-state index contributed by atoms with van der Waals surface area (Å²) in [5.41, 5.74) is 7.22. The third kappa shape index (κ3) is 6.80. The second kappa shape index (κ2) is 10.3. The van der Waals surface area contributed by atoms with Gasteiger partial charge in [-0.3, -0.25) is 0 Å². The van der Waals surface area contributed by atoms with Crippen molar-refractivity contribution in [3.63, 3.8) is 0 Å². The third-order valence-electron chi connectivity index (χ3n) is 3.09. The van der Waals surface area contributed by atoms with Gasteiger partial charge in [-0.05, 0) is 43.4 Å². The topological polar surface area (TPSA) is 55.5 Å². The molecule has 0 aliphatic heterocycles. The molecular formula is C15H23Cl2NO2. The summed E-state index contributed by atoms with van der Waals surface area (Å²) in [6, 6.07) is 3.72. The Bertz CT molecular complexity index is 376. The average molecular weight is 320 g/mol. The van der Waals surface area contributed by atoms with Crippen LogP contribution in [0.5, 0.6) is 0 Å². The van der Waals surface area contributed by atoms with Crippen molar-refractivity contribution in [3.8, 4) is 0 Å². The van der Waals surface area contributed by atoms with Crippen molar-refractivity contribution in [1.82, 2.24) is 0 Å². The molecule has 0 radical (unpaired) electrons. The van der Waals surface area contributed by atoms with E-state index in [9.17, 15) is 0 Å². The number of halogens is 2. The van der Waals surface area contributed by atoms with Gasteiger partial charge < -0.3 is 15.6 Å². The number of aliphatic hydroxyl groups is 1. The highest BCUT2D eigenvalue weighted by Gasteiger charge is 2.04. The highest BCUT2D eigenvalue weighted by molar-refractivity contribution is 6.38. The van der Waals surface area contributed by atoms with E-state index >= 15 is 0 Å². The molecule has 0 fully saturated rings. The van der Waals surface area contributed by atoms with Crippen LogP contribution >= 0.6 is 23.2 Å². The second-order valence-electron chi connectivity index (χ2n) is 4.83. The van der Waals surface area contributed by atoms with Gasteiger partial charge in [-0.25, -0.2) is 0 Å². The normalized spacial score (nSPS) is 10.9. The van der Waals surface area contributed by atoms with Gasteiger partial charge >= 0.3 is 0 Å². The van der Waals surface area contributed by atoms with Crippen molar-refractivity contribution >= 4 is 28.9 Å². The zero-order valence-corrected chi connectivity index (χ0v) is 13.2. The Morgan fingerprint density at radius 1 is 0.950 bits per heavy atom. The summed E-state index contributed by atoms with van der Waals surface area (Å²) in [4.78, 5) is 0. The van der Waals surface area contributed by atoms with Crippen molar-refractivity contribution in [3.05, 3.63) is 27.7 Å². The Morgan fingerprint density at radius 2 is 1.55 bits per heavy atom. The summed E-state index contributed by atoms with van der Waals surface area (Å²) in [5, 5.41) is 9.67. The lowest BCUT2D eigenvalue weighted by molar-refractivity contribution is 0.127. The largest absolute Gasteiger partial charge is 0.396 e. The Hall–Kier alpha value is -0.480. The molecule has 114 valence electrons. The molecule has 0 aromatic heterocycles. The minimum Gasteiger partial charge on any atom is -0.396 e. The summed E-state index contributed by atoms with van der Waals surface area (Å²) in [7, 11) is 0. The lowest BCUT2D eigenvalue weighted by Crippen LogP contribution is -1.99. The smallest absolute Gasteiger partial charge is 0.0693 e. The molecule has 0 saturated carbocycles. The Kier molecular flexibility index (Phi) is 9.03. The summed E-state index contributed by atoms with van der Waals surface area (Å²) in [6.45, 7) is 1.81. The summed E-state index contributed by atoms with van der Waals surface area (Å²) in [6.07, 6.45) is 5.95. The summed E-state index contributed by atoms with van der Waals surface area (Å²) < 4.78 is 5.57. The van der Waals surface area contributed by atoms with Gasteiger partial charge in [-0.2, -0.15) is 0 Å². The molecule has 1 aromatic carbocycles. The minimum atomic E-state index is 0.285. The number of aryl methyl sites for hydroxylation is 1. The number of nitrogens with two attached hydrogens (primary N) is 1. The highest BCUT2D eigenvalue weighted by atomic mass is 35.5. The molecule has 0 unspecified atom stereocenters. The van der Waals surface area contributed by atoms with E-state index < -0.39 is 0 Å². The van der Waals surface area contributed by atoms with E-state index in [1.54, 1.807) is 0 Å². The first-order valence-corrected chi connectivity index (χ1v) is 7.82. The van der Waals surface area contributed by atoms with E-state index in [0.717, 1.165) is 57.3 Å². The van der Waals surface area contributed by atoms with Crippen molar-refractivity contribution in [2.24, 2.45) is 0 Å². The van der Waals surface area contributed by atoms with E-state index in [1.165, 1.54) is 0 Å². The quantitative estimate of drug-likeness (QED) is 0.504. The Morgan fingerprint density at radius 3 is 2.20 bits per heavy atom. The van der Waals surface area contributed by atoms with Crippen LogP contribution in [0.15, 0.2) is 12.1 Å². The fourth-order valence-corrected chi connectivity index (χ4v) is 2.46. The zero-order chi connectivity index (χ0) is 14.8. The van der Waals surface area contributed by atoms with Gasteiger partial charge in [-0.15, -0.1) is 0 Å². The standard InChI is InChI=1S/C15H23Cl2NO2/c16-13-10-12(11-14(17)15(13)18)6-5-9-20-8-4-2-1-3-7-19/h10-11,19H,1-9,18H2. The number of hydrogen-bond donors (Lipinski definition) is 2. The predicted octanol–water partition coefficient (Wildman–Crippen LogP) is 4.08. The molecule has 0 aliphatic carbocycles. The van der Waals surface area contributed by atoms with Gasteiger partial charge in [0.25, 0.3) is 0 Å². The van der Waals surface area contributed by atoms with Crippen LogP contribution in [0.3, 0.4) is 0 Å². The van der Waals surface area contributed by atoms with Crippen molar-refractivity contribution in [1.29, 1.82) is 0 Å². The molecule has 0 atom stereocenters. The highest BCUT2D eigenvalue weighted by Crippen LogP contribution is 2.29. The molecule has 3 nitrogen and oxygen atoms in total. The Balaban J connectivity index is 2.10. The number of benzene rings is 1. The summed E-state index contributed by atoms with van der Waals surface area (Å²) in [5.74, 6) is 0. The zero-order valence-electron chi connectivity index (χ0n) is 11.7. The first-order valence-electron chi connectivity index (χ1n) is 7.07. The van der Waals surface area contributed by atoms with E-state index in [4.69, 9.17) is 38.8 Å². The molecule has 1 aromatic rings. The molecule has 0 saturated heterocycles. The number of hydrogen-bond acceptors (Lipinski definition) is 3. The van der Waals surface area contributed by atoms with Crippen LogP contribution < -0.4 is 5.73 Å². The fraction of sp³-hybridized carbons (Fsp3) is 0.600. The van der Waals surface area contributed by atoms with Crippen LogP contribution in [-0.4, -0.2) is 24.9 Å². The fourth-order valence-electron chi connectivity index (χ4n) is 1.93. The van der Waals surface area contributed by atoms with E-state index in [-0.39, 0.29) is 6.61 Å². The maximum atomic E-state index is 8.65. The Labute approximate surface area is 131 Å². The maximum Gasteiger partial charge on any atom is 0.0693 e. The molecule has 20 heavy (non-hydrogen) atoms. The van der Waals surface area contributed by atoms with Crippen molar-refractivity contribution < 1.29 is 9.84 Å². The predicted molar refractivity (Wildman–Crippen MR) is 85.6 cm³/mol. The first kappa shape index (κ1) is 17.6.